The minimum atomic E-state index is -1.64. The van der Waals surface area contributed by atoms with E-state index in [2.05, 4.69) is 11.1 Å². The number of ketones is 1. The first-order chi connectivity index (χ1) is 17.4. The Balaban J connectivity index is 1.84. The average Bonchev–Trinajstić information content (AvgIpc) is 3.20. The molecule has 2 aromatic carbocycles. The fourth-order valence-electron chi connectivity index (χ4n) is 5.79. The molecule has 3 heterocycles. The predicted molar refractivity (Wildman–Crippen MR) is 137 cm³/mol. The van der Waals surface area contributed by atoms with Crippen LogP contribution in [0.5, 0.6) is 0 Å². The van der Waals surface area contributed by atoms with Crippen LogP contribution in [0.25, 0.3) is 6.08 Å². The van der Waals surface area contributed by atoms with Gasteiger partial charge in [0.2, 0.25) is 0 Å². The molecule has 1 aromatic heterocycles. The van der Waals surface area contributed by atoms with Gasteiger partial charge in [-0.25, -0.2) is 0 Å². The van der Waals surface area contributed by atoms with Crippen molar-refractivity contribution in [3.05, 3.63) is 101 Å². The Morgan fingerprint density at radius 1 is 1.11 bits per heavy atom. The second-order valence-electron chi connectivity index (χ2n) is 9.33. The van der Waals surface area contributed by atoms with Gasteiger partial charge >= 0.3 is 5.97 Å². The third-order valence-corrected chi connectivity index (χ3v) is 7.29. The molecule has 1 fully saturated rings. The van der Waals surface area contributed by atoms with Crippen molar-refractivity contribution in [3.8, 4) is 6.07 Å². The van der Waals surface area contributed by atoms with Gasteiger partial charge < -0.3 is 9.64 Å². The number of carbonyl (C=O) groups excluding carboxylic acids is 2. The molecule has 0 bridgehead atoms. The Labute approximate surface area is 210 Å². The second-order valence-corrected chi connectivity index (χ2v) is 9.33. The molecular weight excluding hydrogens is 450 g/mol. The summed E-state index contributed by atoms with van der Waals surface area (Å²) in [6.07, 6.45) is 5.35. The third-order valence-electron chi connectivity index (χ3n) is 7.29. The van der Waals surface area contributed by atoms with Crippen LogP contribution in [-0.4, -0.2) is 35.4 Å². The number of ether oxygens (including phenoxy) is 1. The minimum Gasteiger partial charge on any atom is -0.465 e. The van der Waals surface area contributed by atoms with Crippen LogP contribution in [0.15, 0.2) is 72.9 Å². The van der Waals surface area contributed by atoms with Crippen molar-refractivity contribution in [2.75, 3.05) is 11.5 Å². The smallest absolute Gasteiger partial charge is 0.329 e. The highest BCUT2D eigenvalue weighted by atomic mass is 16.5. The van der Waals surface area contributed by atoms with Gasteiger partial charge in [0.1, 0.15) is 6.04 Å². The number of rotatable bonds is 5. The Morgan fingerprint density at radius 3 is 2.58 bits per heavy atom. The highest BCUT2D eigenvalue weighted by molar-refractivity contribution is 6.06. The van der Waals surface area contributed by atoms with Gasteiger partial charge in [-0.1, -0.05) is 60.2 Å². The number of hydrogen-bond acceptors (Lipinski definition) is 6. The molecule has 0 radical (unpaired) electrons. The number of hydrogen-bond donors (Lipinski definition) is 0. The zero-order valence-corrected chi connectivity index (χ0v) is 20.5. The maximum atomic E-state index is 14.3. The van der Waals surface area contributed by atoms with Crippen molar-refractivity contribution >= 4 is 23.5 Å². The molecule has 1 saturated heterocycles. The van der Waals surface area contributed by atoms with Crippen LogP contribution in [0.3, 0.4) is 0 Å². The first-order valence-corrected chi connectivity index (χ1v) is 12.1. The van der Waals surface area contributed by atoms with Gasteiger partial charge in [0.15, 0.2) is 11.2 Å². The van der Waals surface area contributed by atoms with Crippen LogP contribution in [-0.2, 0) is 9.53 Å². The summed E-state index contributed by atoms with van der Waals surface area (Å²) in [6, 6.07) is 19.5. The molecule has 0 spiro atoms. The van der Waals surface area contributed by atoms with E-state index in [0.717, 1.165) is 22.4 Å². The Hall–Kier alpha value is -4.24. The number of fused-ring (bicyclic) bond motifs is 3. The molecule has 180 valence electrons. The monoisotopic (exact) mass is 477 g/mol. The molecular formula is C30H27N3O3. The van der Waals surface area contributed by atoms with Crippen molar-refractivity contribution in [2.45, 2.75) is 38.8 Å². The van der Waals surface area contributed by atoms with Crippen molar-refractivity contribution < 1.29 is 14.3 Å². The molecule has 2 aliphatic rings. The lowest BCUT2D eigenvalue weighted by Gasteiger charge is -2.35. The van der Waals surface area contributed by atoms with Crippen molar-refractivity contribution in [1.82, 2.24) is 4.98 Å². The van der Waals surface area contributed by atoms with Crippen molar-refractivity contribution in [1.29, 1.82) is 5.26 Å². The van der Waals surface area contributed by atoms with Gasteiger partial charge in [0.05, 0.1) is 30.1 Å². The van der Waals surface area contributed by atoms with Crippen LogP contribution < -0.4 is 4.90 Å². The molecule has 0 aliphatic carbocycles. The number of nitrogens with zero attached hydrogens (tertiary/aromatic N) is 3. The van der Waals surface area contributed by atoms with Gasteiger partial charge in [-0.05, 0) is 50.1 Å². The van der Waals surface area contributed by atoms with Crippen LogP contribution in [0.2, 0.25) is 0 Å². The first-order valence-electron chi connectivity index (χ1n) is 12.1. The number of nitriles is 1. The van der Waals surface area contributed by atoms with E-state index in [-0.39, 0.29) is 12.4 Å². The summed E-state index contributed by atoms with van der Waals surface area (Å²) in [5, 5.41) is 10.8. The fraction of sp³-hybridized carbons (Fsp3) is 0.267. The lowest BCUT2D eigenvalue weighted by Crippen LogP contribution is -2.47. The van der Waals surface area contributed by atoms with E-state index in [1.54, 1.807) is 25.3 Å². The topological polar surface area (TPSA) is 83.3 Å². The highest BCUT2D eigenvalue weighted by Gasteiger charge is 2.67. The second kappa shape index (κ2) is 9.09. The van der Waals surface area contributed by atoms with E-state index in [1.165, 1.54) is 0 Å². The molecule has 4 atom stereocenters. The van der Waals surface area contributed by atoms with E-state index in [1.807, 2.05) is 79.4 Å². The highest BCUT2D eigenvalue weighted by Crippen LogP contribution is 2.56. The standard InChI is InChI=1S/C30H27N3O3/c1-4-36-29(35)30(18-31)25-15-14-23-24(11-8-16-32-23)33(25)27(28(34)21-9-6-5-7-10-21)26(30)22-13-12-19(2)17-20(22)3/h5-17,25-27H,4H2,1-3H3/t25-,26+,27-,30-/m0/s1. The fourth-order valence-corrected chi connectivity index (χ4v) is 5.79. The number of anilines is 1. The van der Waals surface area contributed by atoms with E-state index in [9.17, 15) is 14.9 Å². The molecule has 5 rings (SSSR count). The number of pyridine rings is 1. The molecule has 2 aliphatic heterocycles. The largest absolute Gasteiger partial charge is 0.465 e. The van der Waals surface area contributed by atoms with Crippen LogP contribution in [0, 0.1) is 30.6 Å². The predicted octanol–water partition coefficient (Wildman–Crippen LogP) is 5.02. The van der Waals surface area contributed by atoms with Gasteiger partial charge in [-0.3, -0.25) is 14.6 Å². The quantitative estimate of drug-likeness (QED) is 0.379. The average molecular weight is 478 g/mol. The zero-order valence-electron chi connectivity index (χ0n) is 20.5. The molecule has 3 aromatic rings. The van der Waals surface area contributed by atoms with E-state index < -0.39 is 29.4 Å². The summed E-state index contributed by atoms with van der Waals surface area (Å²) in [7, 11) is 0. The van der Waals surface area contributed by atoms with Gasteiger partial charge in [0.25, 0.3) is 0 Å². The molecule has 0 N–H and O–H groups in total. The van der Waals surface area contributed by atoms with Crippen molar-refractivity contribution in [3.63, 3.8) is 0 Å². The number of Topliss-reactive ketones (excluding diaryl/α,β-unsaturated/α-hetero) is 1. The van der Waals surface area contributed by atoms with Crippen molar-refractivity contribution in [2.24, 2.45) is 5.41 Å². The Bertz CT molecular complexity index is 1410. The summed E-state index contributed by atoms with van der Waals surface area (Å²) in [6.45, 7) is 5.81. The first kappa shape index (κ1) is 23.5. The lowest BCUT2D eigenvalue weighted by atomic mass is 9.67. The van der Waals surface area contributed by atoms with Gasteiger partial charge in [-0.2, -0.15) is 5.26 Å². The van der Waals surface area contributed by atoms with Crippen LogP contribution in [0.1, 0.15) is 45.6 Å². The summed E-state index contributed by atoms with van der Waals surface area (Å²) in [5.41, 5.74) is 3.06. The van der Waals surface area contributed by atoms with Crippen LogP contribution >= 0.6 is 0 Å². The summed E-state index contributed by atoms with van der Waals surface area (Å²) in [5.74, 6) is -1.54. The molecule has 0 saturated carbocycles. The SMILES string of the molecule is CCOC(=O)[C@]1(C#N)[C@H](c2ccc(C)cc2C)[C@@H](C(=O)c2ccccc2)N2c3cccnc3C=C[C@H]21. The maximum absolute atomic E-state index is 14.3. The normalized spacial score (nSPS) is 23.9. The number of aryl methyl sites for hydroxylation is 2. The summed E-state index contributed by atoms with van der Waals surface area (Å²) < 4.78 is 5.56. The molecule has 0 amide bonds. The zero-order chi connectivity index (χ0) is 25.4. The van der Waals surface area contributed by atoms with E-state index >= 15 is 0 Å². The van der Waals surface area contributed by atoms with Gasteiger partial charge in [0, 0.05) is 17.7 Å². The Kier molecular flexibility index (Phi) is 5.93. The number of aromatic nitrogens is 1. The van der Waals surface area contributed by atoms with E-state index in [0.29, 0.717) is 11.3 Å². The van der Waals surface area contributed by atoms with E-state index in [4.69, 9.17) is 4.74 Å². The van der Waals surface area contributed by atoms with Crippen LogP contribution in [0.4, 0.5) is 5.69 Å². The molecule has 6 heteroatoms. The number of carbonyl (C=O) groups is 2. The summed E-state index contributed by atoms with van der Waals surface area (Å²) >= 11 is 0. The Morgan fingerprint density at radius 2 is 1.89 bits per heavy atom. The number of benzene rings is 2. The van der Waals surface area contributed by atoms with Gasteiger partial charge in [-0.15, -0.1) is 0 Å². The molecule has 0 unspecified atom stereocenters. The number of esters is 1. The third kappa shape index (κ3) is 3.43. The molecule has 6 nitrogen and oxygen atoms in total. The minimum absolute atomic E-state index is 0.133. The molecule has 36 heavy (non-hydrogen) atoms. The lowest BCUT2D eigenvalue weighted by molar-refractivity contribution is -0.152. The maximum Gasteiger partial charge on any atom is 0.329 e. The summed E-state index contributed by atoms with van der Waals surface area (Å²) in [4.78, 5) is 34.5.